The van der Waals surface area contributed by atoms with Gasteiger partial charge in [-0.2, -0.15) is 5.10 Å². The molecule has 0 aliphatic heterocycles. The van der Waals surface area contributed by atoms with Gasteiger partial charge in [-0.1, -0.05) is 11.6 Å². The SMILES string of the molecule is Cc1[nH]ncc1CNC(=O)c1cc(N)nc(Cl)c1. The number of rotatable bonds is 3. The highest BCUT2D eigenvalue weighted by atomic mass is 35.5. The number of aromatic nitrogens is 3. The predicted octanol–water partition coefficient (Wildman–Crippen LogP) is 1.28. The lowest BCUT2D eigenvalue weighted by atomic mass is 10.2. The molecule has 4 N–H and O–H groups in total. The summed E-state index contributed by atoms with van der Waals surface area (Å²) < 4.78 is 0. The lowest BCUT2D eigenvalue weighted by Gasteiger charge is -2.05. The molecular weight excluding hydrogens is 254 g/mol. The van der Waals surface area contributed by atoms with Gasteiger partial charge in [0.05, 0.1) is 6.20 Å². The Morgan fingerprint density at radius 1 is 1.56 bits per heavy atom. The minimum absolute atomic E-state index is 0.194. The lowest BCUT2D eigenvalue weighted by molar-refractivity contribution is 0.0951. The third kappa shape index (κ3) is 2.78. The maximum atomic E-state index is 11.9. The first-order valence-electron chi connectivity index (χ1n) is 5.26. The average Bonchev–Trinajstić information content (AvgIpc) is 2.70. The molecule has 0 radical (unpaired) electrons. The fourth-order valence-electron chi connectivity index (χ4n) is 1.48. The summed E-state index contributed by atoms with van der Waals surface area (Å²) in [5.74, 6) is -0.0428. The van der Waals surface area contributed by atoms with Crippen LogP contribution in [-0.2, 0) is 6.54 Å². The second kappa shape index (κ2) is 5.05. The Kier molecular flexibility index (Phi) is 3.47. The fourth-order valence-corrected chi connectivity index (χ4v) is 1.69. The van der Waals surface area contributed by atoms with Crippen molar-refractivity contribution in [3.05, 3.63) is 40.3 Å². The van der Waals surface area contributed by atoms with Crippen molar-refractivity contribution < 1.29 is 4.79 Å². The monoisotopic (exact) mass is 265 g/mol. The quantitative estimate of drug-likeness (QED) is 0.728. The standard InChI is InChI=1S/C11H12ClN5O/c1-6-8(5-15-17-6)4-14-11(18)7-2-9(12)16-10(13)3-7/h2-3,5H,4H2,1H3,(H2,13,16)(H,14,18)(H,15,17). The summed E-state index contributed by atoms with van der Waals surface area (Å²) in [6.45, 7) is 2.27. The molecule has 0 bridgehead atoms. The van der Waals surface area contributed by atoms with E-state index in [4.69, 9.17) is 17.3 Å². The van der Waals surface area contributed by atoms with Gasteiger partial charge < -0.3 is 11.1 Å². The molecule has 7 heteroatoms. The van der Waals surface area contributed by atoms with Gasteiger partial charge in [0, 0.05) is 23.4 Å². The molecule has 2 rings (SSSR count). The number of anilines is 1. The van der Waals surface area contributed by atoms with Crippen molar-refractivity contribution in [1.29, 1.82) is 0 Å². The predicted molar refractivity (Wildman–Crippen MR) is 68.2 cm³/mol. The maximum absolute atomic E-state index is 11.9. The van der Waals surface area contributed by atoms with Crippen LogP contribution < -0.4 is 11.1 Å². The maximum Gasteiger partial charge on any atom is 0.251 e. The van der Waals surface area contributed by atoms with Crippen molar-refractivity contribution >= 4 is 23.3 Å². The number of nitrogens with zero attached hydrogens (tertiary/aromatic N) is 2. The first-order valence-corrected chi connectivity index (χ1v) is 5.64. The summed E-state index contributed by atoms with van der Waals surface area (Å²) in [5.41, 5.74) is 7.75. The fraction of sp³-hybridized carbons (Fsp3) is 0.182. The molecule has 2 aromatic heterocycles. The van der Waals surface area contributed by atoms with E-state index in [9.17, 15) is 4.79 Å². The molecule has 2 aromatic rings. The topological polar surface area (TPSA) is 96.7 Å². The van der Waals surface area contributed by atoms with Crippen LogP contribution in [0, 0.1) is 6.92 Å². The number of carbonyl (C=O) groups excluding carboxylic acids is 1. The number of hydrogen-bond acceptors (Lipinski definition) is 4. The molecule has 0 saturated carbocycles. The van der Waals surface area contributed by atoms with E-state index in [1.807, 2.05) is 6.92 Å². The number of H-pyrrole nitrogens is 1. The molecule has 1 amide bonds. The molecule has 0 fully saturated rings. The summed E-state index contributed by atoms with van der Waals surface area (Å²) in [6.07, 6.45) is 1.67. The first-order chi connectivity index (χ1) is 8.56. The number of nitrogens with two attached hydrogens (primary N) is 1. The van der Waals surface area contributed by atoms with E-state index in [1.165, 1.54) is 12.1 Å². The number of pyridine rings is 1. The van der Waals surface area contributed by atoms with Crippen LogP contribution in [0.1, 0.15) is 21.6 Å². The van der Waals surface area contributed by atoms with Crippen molar-refractivity contribution in [3.63, 3.8) is 0 Å². The van der Waals surface area contributed by atoms with Crippen LogP contribution in [0.2, 0.25) is 5.15 Å². The smallest absolute Gasteiger partial charge is 0.251 e. The van der Waals surface area contributed by atoms with Gasteiger partial charge in [-0.05, 0) is 19.1 Å². The summed E-state index contributed by atoms with van der Waals surface area (Å²) in [4.78, 5) is 15.7. The molecule has 0 saturated heterocycles. The molecule has 0 spiro atoms. The van der Waals surface area contributed by atoms with Crippen LogP contribution in [0.15, 0.2) is 18.3 Å². The van der Waals surface area contributed by atoms with Crippen molar-refractivity contribution in [2.24, 2.45) is 0 Å². The van der Waals surface area contributed by atoms with Gasteiger partial charge in [-0.25, -0.2) is 4.98 Å². The zero-order valence-electron chi connectivity index (χ0n) is 9.70. The Morgan fingerprint density at radius 3 is 2.94 bits per heavy atom. The Morgan fingerprint density at radius 2 is 2.33 bits per heavy atom. The summed E-state index contributed by atoms with van der Waals surface area (Å²) >= 11 is 5.73. The minimum atomic E-state index is -0.258. The van der Waals surface area contributed by atoms with E-state index in [2.05, 4.69) is 20.5 Å². The van der Waals surface area contributed by atoms with Crippen LogP contribution >= 0.6 is 11.6 Å². The minimum Gasteiger partial charge on any atom is -0.384 e. The number of halogens is 1. The van der Waals surface area contributed by atoms with E-state index in [-0.39, 0.29) is 16.9 Å². The van der Waals surface area contributed by atoms with Crippen LogP contribution in [0.3, 0.4) is 0 Å². The number of carbonyl (C=O) groups is 1. The number of aromatic amines is 1. The number of aryl methyl sites for hydroxylation is 1. The molecule has 0 aliphatic rings. The normalized spacial score (nSPS) is 10.3. The molecule has 94 valence electrons. The molecular formula is C11H12ClN5O. The van der Waals surface area contributed by atoms with Crippen molar-refractivity contribution in [2.75, 3.05) is 5.73 Å². The molecule has 0 unspecified atom stereocenters. The Balaban J connectivity index is 2.06. The third-order valence-electron chi connectivity index (χ3n) is 2.45. The molecule has 0 atom stereocenters. The van der Waals surface area contributed by atoms with E-state index in [0.29, 0.717) is 12.1 Å². The van der Waals surface area contributed by atoms with Gasteiger partial charge >= 0.3 is 0 Å². The lowest BCUT2D eigenvalue weighted by Crippen LogP contribution is -2.23. The first kappa shape index (κ1) is 12.4. The van der Waals surface area contributed by atoms with Gasteiger partial charge in [0.25, 0.3) is 5.91 Å². The second-order valence-corrected chi connectivity index (χ2v) is 4.19. The van der Waals surface area contributed by atoms with Gasteiger partial charge in [-0.3, -0.25) is 9.89 Å². The van der Waals surface area contributed by atoms with E-state index in [1.54, 1.807) is 6.20 Å². The molecule has 6 nitrogen and oxygen atoms in total. The number of nitrogens with one attached hydrogen (secondary N) is 2. The zero-order chi connectivity index (χ0) is 13.1. The average molecular weight is 266 g/mol. The van der Waals surface area contributed by atoms with Gasteiger partial charge in [0.1, 0.15) is 11.0 Å². The van der Waals surface area contributed by atoms with Crippen LogP contribution in [0.5, 0.6) is 0 Å². The zero-order valence-corrected chi connectivity index (χ0v) is 10.5. The van der Waals surface area contributed by atoms with Gasteiger partial charge in [-0.15, -0.1) is 0 Å². The van der Waals surface area contributed by atoms with Crippen LogP contribution in [0.4, 0.5) is 5.82 Å². The van der Waals surface area contributed by atoms with E-state index in [0.717, 1.165) is 11.3 Å². The van der Waals surface area contributed by atoms with E-state index >= 15 is 0 Å². The summed E-state index contributed by atoms with van der Waals surface area (Å²) in [6, 6.07) is 2.94. The number of amides is 1. The molecule has 0 aliphatic carbocycles. The van der Waals surface area contributed by atoms with Crippen LogP contribution in [-0.4, -0.2) is 21.1 Å². The molecule has 0 aromatic carbocycles. The largest absolute Gasteiger partial charge is 0.384 e. The van der Waals surface area contributed by atoms with Crippen molar-refractivity contribution in [3.8, 4) is 0 Å². The molecule has 18 heavy (non-hydrogen) atoms. The summed E-state index contributed by atoms with van der Waals surface area (Å²) in [5, 5.41) is 9.62. The van der Waals surface area contributed by atoms with Gasteiger partial charge in [0.15, 0.2) is 0 Å². The summed E-state index contributed by atoms with van der Waals surface area (Å²) in [7, 11) is 0. The number of hydrogen-bond donors (Lipinski definition) is 3. The Labute approximate surface area is 109 Å². The molecule has 2 heterocycles. The van der Waals surface area contributed by atoms with E-state index < -0.39 is 0 Å². The van der Waals surface area contributed by atoms with Crippen molar-refractivity contribution in [1.82, 2.24) is 20.5 Å². The Bertz CT molecular complexity index is 560. The van der Waals surface area contributed by atoms with Crippen LogP contribution in [0.25, 0.3) is 0 Å². The highest BCUT2D eigenvalue weighted by Crippen LogP contribution is 2.12. The van der Waals surface area contributed by atoms with Crippen molar-refractivity contribution in [2.45, 2.75) is 13.5 Å². The second-order valence-electron chi connectivity index (χ2n) is 3.81. The third-order valence-corrected chi connectivity index (χ3v) is 2.64. The number of nitrogen functional groups attached to an aromatic ring is 1. The highest BCUT2D eigenvalue weighted by molar-refractivity contribution is 6.29. The van der Waals surface area contributed by atoms with Gasteiger partial charge in [0.2, 0.25) is 0 Å². The highest BCUT2D eigenvalue weighted by Gasteiger charge is 2.09. The Hall–Kier alpha value is -2.08.